The summed E-state index contributed by atoms with van der Waals surface area (Å²) >= 11 is 0. The van der Waals surface area contributed by atoms with Crippen LogP contribution >= 0.6 is 12.4 Å². The van der Waals surface area contributed by atoms with Crippen LogP contribution in [0, 0.1) is 0 Å². The van der Waals surface area contributed by atoms with Crippen molar-refractivity contribution in [3.8, 4) is 22.4 Å². The van der Waals surface area contributed by atoms with Gasteiger partial charge < -0.3 is 21.1 Å². The van der Waals surface area contributed by atoms with Crippen LogP contribution in [0.1, 0.15) is 11.1 Å². The Labute approximate surface area is 175 Å². The standard InChI is InChI=1S/C21H21N5O2.ClH/c1-27-25-20(22)16-7-3-14(4-8-16)18-11-12-19(24-13-18)15-5-9-17(10-6-15)21(23)26-28-2;/h3-13H,1-2H3,(H2,22,25)(H2,23,26);1H. The van der Waals surface area contributed by atoms with Crippen molar-refractivity contribution in [1.82, 2.24) is 4.98 Å². The maximum atomic E-state index is 5.82. The van der Waals surface area contributed by atoms with Gasteiger partial charge in [0.05, 0.1) is 5.69 Å². The smallest absolute Gasteiger partial charge is 0.170 e. The minimum Gasteiger partial charge on any atom is -0.397 e. The average molecular weight is 412 g/mol. The molecule has 0 fully saturated rings. The van der Waals surface area contributed by atoms with Crippen LogP contribution in [0.5, 0.6) is 0 Å². The Morgan fingerprint density at radius 1 is 0.690 bits per heavy atom. The van der Waals surface area contributed by atoms with Crippen LogP contribution in [0.2, 0.25) is 0 Å². The van der Waals surface area contributed by atoms with Crippen molar-refractivity contribution in [2.24, 2.45) is 21.8 Å². The molecule has 3 aromatic rings. The van der Waals surface area contributed by atoms with Gasteiger partial charge in [0.15, 0.2) is 11.7 Å². The maximum Gasteiger partial charge on any atom is 0.170 e. The largest absolute Gasteiger partial charge is 0.397 e. The molecule has 0 aliphatic rings. The first-order valence-electron chi connectivity index (χ1n) is 8.53. The zero-order valence-electron chi connectivity index (χ0n) is 16.1. The number of amidine groups is 2. The summed E-state index contributed by atoms with van der Waals surface area (Å²) in [5.41, 5.74) is 17.1. The molecular weight excluding hydrogens is 390 g/mol. The third-order valence-electron chi connectivity index (χ3n) is 4.13. The summed E-state index contributed by atoms with van der Waals surface area (Å²) < 4.78 is 0. The Kier molecular flexibility index (Phi) is 7.56. The molecule has 0 unspecified atom stereocenters. The lowest BCUT2D eigenvalue weighted by Gasteiger charge is -2.06. The number of halogens is 1. The summed E-state index contributed by atoms with van der Waals surface area (Å²) in [6.45, 7) is 0. The molecule has 1 aromatic heterocycles. The van der Waals surface area contributed by atoms with Gasteiger partial charge in [-0.3, -0.25) is 4.98 Å². The quantitative estimate of drug-likeness (QED) is 0.367. The van der Waals surface area contributed by atoms with Gasteiger partial charge in [-0.1, -0.05) is 64.9 Å². The summed E-state index contributed by atoms with van der Waals surface area (Å²) in [6.07, 6.45) is 1.84. The van der Waals surface area contributed by atoms with E-state index in [1.807, 2.05) is 66.9 Å². The lowest BCUT2D eigenvalue weighted by molar-refractivity contribution is 0.213. The van der Waals surface area contributed by atoms with E-state index in [-0.39, 0.29) is 12.4 Å². The highest BCUT2D eigenvalue weighted by Crippen LogP contribution is 2.23. The Bertz CT molecular complexity index is 903. The van der Waals surface area contributed by atoms with Crippen molar-refractivity contribution >= 4 is 24.1 Å². The first kappa shape index (κ1) is 21.7. The molecule has 1 heterocycles. The van der Waals surface area contributed by atoms with E-state index in [4.69, 9.17) is 21.1 Å². The third-order valence-corrected chi connectivity index (χ3v) is 4.13. The van der Waals surface area contributed by atoms with Gasteiger partial charge in [0.25, 0.3) is 0 Å². The van der Waals surface area contributed by atoms with E-state index >= 15 is 0 Å². The summed E-state index contributed by atoms with van der Waals surface area (Å²) in [4.78, 5) is 14.0. The van der Waals surface area contributed by atoms with E-state index in [0.717, 1.165) is 33.5 Å². The third kappa shape index (κ3) is 5.24. The first-order valence-corrected chi connectivity index (χ1v) is 8.53. The Hall–Kier alpha value is -3.58. The molecule has 0 saturated heterocycles. The molecule has 0 spiro atoms. The number of rotatable bonds is 6. The van der Waals surface area contributed by atoms with Gasteiger partial charge in [-0.2, -0.15) is 0 Å². The minimum absolute atomic E-state index is 0. The minimum atomic E-state index is 0. The van der Waals surface area contributed by atoms with Gasteiger partial charge >= 0.3 is 0 Å². The topological polar surface area (TPSA) is 108 Å². The lowest BCUT2D eigenvalue weighted by Crippen LogP contribution is -2.13. The highest BCUT2D eigenvalue weighted by atomic mass is 35.5. The van der Waals surface area contributed by atoms with Gasteiger partial charge in [0.2, 0.25) is 0 Å². The molecule has 29 heavy (non-hydrogen) atoms. The Balaban J connectivity index is 0.00000300. The van der Waals surface area contributed by atoms with Crippen molar-refractivity contribution in [2.45, 2.75) is 0 Å². The molecule has 3 rings (SSSR count). The maximum absolute atomic E-state index is 5.82. The highest BCUT2D eigenvalue weighted by Gasteiger charge is 2.05. The number of hydrogen-bond acceptors (Lipinski definition) is 5. The van der Waals surface area contributed by atoms with E-state index in [1.54, 1.807) is 0 Å². The van der Waals surface area contributed by atoms with Gasteiger partial charge in [-0.15, -0.1) is 12.4 Å². The summed E-state index contributed by atoms with van der Waals surface area (Å²) in [5.74, 6) is 0.666. The van der Waals surface area contributed by atoms with Crippen LogP contribution in [0.15, 0.2) is 77.2 Å². The number of pyridine rings is 1. The molecule has 0 saturated carbocycles. The molecule has 0 radical (unpaired) electrons. The second-order valence-corrected chi connectivity index (χ2v) is 5.91. The van der Waals surface area contributed by atoms with Crippen LogP contribution in [0.25, 0.3) is 22.4 Å². The molecule has 2 aromatic carbocycles. The molecule has 4 N–H and O–H groups in total. The highest BCUT2D eigenvalue weighted by molar-refractivity contribution is 5.98. The van der Waals surface area contributed by atoms with Crippen LogP contribution in [0.3, 0.4) is 0 Å². The fraction of sp³-hybridized carbons (Fsp3) is 0.0952. The summed E-state index contributed by atoms with van der Waals surface area (Å²) in [7, 11) is 2.92. The van der Waals surface area contributed by atoms with Crippen molar-refractivity contribution in [1.29, 1.82) is 0 Å². The average Bonchev–Trinajstić information content (AvgIpc) is 2.74. The van der Waals surface area contributed by atoms with E-state index in [0.29, 0.717) is 11.7 Å². The number of nitrogens with two attached hydrogens (primary N) is 2. The van der Waals surface area contributed by atoms with Gasteiger partial charge in [-0.25, -0.2) is 0 Å². The number of nitrogens with zero attached hydrogens (tertiary/aromatic N) is 3. The lowest BCUT2D eigenvalue weighted by atomic mass is 10.0. The molecule has 8 heteroatoms. The van der Waals surface area contributed by atoms with Crippen LogP contribution < -0.4 is 11.5 Å². The van der Waals surface area contributed by atoms with Crippen LogP contribution in [-0.2, 0) is 9.68 Å². The SMILES string of the molecule is CO/N=C(/N)c1ccc(-c2ccc(-c3ccc(/C(N)=N\OC)cc3)nc2)cc1.Cl. The monoisotopic (exact) mass is 411 g/mol. The molecular formula is C21H22ClN5O2. The normalized spacial score (nSPS) is 11.5. The molecule has 0 bridgehead atoms. The molecule has 0 amide bonds. The van der Waals surface area contributed by atoms with Crippen molar-refractivity contribution in [3.05, 3.63) is 78.0 Å². The number of aromatic nitrogens is 1. The van der Waals surface area contributed by atoms with Gasteiger partial charge in [0.1, 0.15) is 14.2 Å². The van der Waals surface area contributed by atoms with Gasteiger partial charge in [-0.05, 0) is 11.6 Å². The molecule has 150 valence electrons. The summed E-state index contributed by atoms with van der Waals surface area (Å²) in [5, 5.41) is 7.46. The fourth-order valence-corrected chi connectivity index (χ4v) is 2.68. The van der Waals surface area contributed by atoms with E-state index < -0.39 is 0 Å². The van der Waals surface area contributed by atoms with Gasteiger partial charge in [0, 0.05) is 28.5 Å². The second kappa shape index (κ2) is 10.1. The zero-order valence-corrected chi connectivity index (χ0v) is 16.9. The zero-order chi connectivity index (χ0) is 19.9. The molecule has 0 aliphatic carbocycles. The predicted octanol–water partition coefficient (Wildman–Crippen LogP) is 3.37. The number of oxime groups is 2. The molecule has 7 nitrogen and oxygen atoms in total. The van der Waals surface area contributed by atoms with E-state index in [1.165, 1.54) is 14.2 Å². The number of benzene rings is 2. The van der Waals surface area contributed by atoms with Crippen LogP contribution in [-0.4, -0.2) is 30.9 Å². The first-order chi connectivity index (χ1) is 13.6. The number of hydrogen-bond donors (Lipinski definition) is 2. The Morgan fingerprint density at radius 2 is 1.14 bits per heavy atom. The second-order valence-electron chi connectivity index (χ2n) is 5.91. The van der Waals surface area contributed by atoms with Crippen molar-refractivity contribution in [3.63, 3.8) is 0 Å². The Morgan fingerprint density at radius 3 is 1.55 bits per heavy atom. The fourth-order valence-electron chi connectivity index (χ4n) is 2.68. The van der Waals surface area contributed by atoms with E-state index in [2.05, 4.69) is 15.3 Å². The van der Waals surface area contributed by atoms with Crippen molar-refractivity contribution in [2.75, 3.05) is 14.2 Å². The van der Waals surface area contributed by atoms with Crippen molar-refractivity contribution < 1.29 is 9.68 Å². The molecule has 0 aliphatic heterocycles. The van der Waals surface area contributed by atoms with E-state index in [9.17, 15) is 0 Å². The summed E-state index contributed by atoms with van der Waals surface area (Å²) in [6, 6.07) is 19.4. The molecule has 0 atom stereocenters. The predicted molar refractivity (Wildman–Crippen MR) is 118 cm³/mol. The van der Waals surface area contributed by atoms with Crippen LogP contribution in [0.4, 0.5) is 0 Å².